The van der Waals surface area contributed by atoms with E-state index in [-0.39, 0.29) is 18.2 Å². The van der Waals surface area contributed by atoms with Crippen LogP contribution in [-0.4, -0.2) is 33.5 Å². The van der Waals surface area contributed by atoms with E-state index in [2.05, 4.69) is 20.4 Å². The van der Waals surface area contributed by atoms with Crippen LogP contribution in [0.15, 0.2) is 18.5 Å². The van der Waals surface area contributed by atoms with E-state index in [1.54, 1.807) is 0 Å². The Labute approximate surface area is 142 Å². The fraction of sp³-hybridized carbons (Fsp3) is 0.533. The predicted molar refractivity (Wildman–Crippen MR) is 82.0 cm³/mol. The predicted octanol–water partition coefficient (Wildman–Crippen LogP) is 3.01. The summed E-state index contributed by atoms with van der Waals surface area (Å²) in [6.07, 6.45) is -0.0124. The highest BCUT2D eigenvalue weighted by Crippen LogP contribution is 2.34. The molecule has 1 unspecified atom stereocenters. The number of methoxy groups -OCH3 is 1. The molecule has 3 heterocycles. The third-order valence-corrected chi connectivity index (χ3v) is 3.79. The van der Waals surface area contributed by atoms with Crippen molar-refractivity contribution in [1.82, 2.24) is 19.7 Å². The fourth-order valence-electron chi connectivity index (χ4n) is 2.58. The molecule has 1 fully saturated rings. The van der Waals surface area contributed by atoms with Gasteiger partial charge in [0.25, 0.3) is 0 Å². The number of aromatic nitrogens is 4. The minimum atomic E-state index is -4.49. The quantitative estimate of drug-likeness (QED) is 0.887. The largest absolute Gasteiger partial charge is 0.467 e. The average molecular weight is 357 g/mol. The highest BCUT2D eigenvalue weighted by atomic mass is 19.4. The van der Waals surface area contributed by atoms with Crippen molar-refractivity contribution in [2.24, 2.45) is 0 Å². The van der Waals surface area contributed by atoms with Crippen LogP contribution in [0.2, 0.25) is 0 Å². The van der Waals surface area contributed by atoms with Gasteiger partial charge >= 0.3 is 12.2 Å². The second-order valence-corrected chi connectivity index (χ2v) is 5.60. The number of nitrogens with one attached hydrogen (secondary N) is 1. The molecular formula is C15H18F3N5O2. The molecule has 2 aromatic heterocycles. The Morgan fingerprint density at radius 1 is 1.32 bits per heavy atom. The van der Waals surface area contributed by atoms with Crippen LogP contribution in [0.25, 0.3) is 0 Å². The summed E-state index contributed by atoms with van der Waals surface area (Å²) >= 11 is 0. The Morgan fingerprint density at radius 2 is 2.08 bits per heavy atom. The normalized spacial score (nSPS) is 18.2. The molecule has 10 heteroatoms. The molecule has 2 aromatic rings. The molecule has 1 N–H and O–H groups in total. The molecule has 0 bridgehead atoms. The van der Waals surface area contributed by atoms with Crippen LogP contribution in [0.5, 0.6) is 6.01 Å². The maximum absolute atomic E-state index is 13.3. The summed E-state index contributed by atoms with van der Waals surface area (Å²) in [6, 6.07) is 1.25. The van der Waals surface area contributed by atoms with Gasteiger partial charge in [0.2, 0.25) is 0 Å². The summed E-state index contributed by atoms with van der Waals surface area (Å²) in [5, 5.41) is 7.04. The lowest BCUT2D eigenvalue weighted by molar-refractivity contribution is -0.152. The maximum Gasteiger partial charge on any atom is 0.433 e. The van der Waals surface area contributed by atoms with Crippen molar-refractivity contribution in [2.45, 2.75) is 38.2 Å². The van der Waals surface area contributed by atoms with Crippen LogP contribution in [-0.2, 0) is 17.5 Å². The van der Waals surface area contributed by atoms with E-state index in [1.807, 2.05) is 0 Å². The molecule has 0 aromatic carbocycles. The number of nitrogens with zero attached hydrogens (tertiary/aromatic N) is 4. The lowest BCUT2D eigenvalue weighted by Crippen LogP contribution is -2.24. The first-order valence-electron chi connectivity index (χ1n) is 7.84. The topological polar surface area (TPSA) is 74.1 Å². The highest BCUT2D eigenvalue weighted by Gasteiger charge is 2.38. The Bertz CT molecular complexity index is 696. The van der Waals surface area contributed by atoms with Crippen LogP contribution >= 0.6 is 0 Å². The SMILES string of the molecule is COc1ncc(NCc2cc(C(F)(F)F)n(C3CCCCO3)n2)cn1. The number of ether oxygens (including phenoxy) is 2. The summed E-state index contributed by atoms with van der Waals surface area (Å²) in [4.78, 5) is 7.85. The third kappa shape index (κ3) is 4.19. The van der Waals surface area contributed by atoms with Gasteiger partial charge in [-0.05, 0) is 25.3 Å². The Balaban J connectivity index is 1.75. The number of hydrogen-bond donors (Lipinski definition) is 1. The van der Waals surface area contributed by atoms with Gasteiger partial charge in [0.1, 0.15) is 5.69 Å². The number of alkyl halides is 3. The van der Waals surface area contributed by atoms with Gasteiger partial charge in [-0.2, -0.15) is 18.3 Å². The fourth-order valence-corrected chi connectivity index (χ4v) is 2.58. The molecule has 0 amide bonds. The summed E-state index contributed by atoms with van der Waals surface area (Å²) in [7, 11) is 1.45. The van der Waals surface area contributed by atoms with Crippen molar-refractivity contribution >= 4 is 5.69 Å². The second-order valence-electron chi connectivity index (χ2n) is 5.60. The van der Waals surface area contributed by atoms with Crippen LogP contribution in [0.3, 0.4) is 0 Å². The van der Waals surface area contributed by atoms with Crippen LogP contribution in [0.1, 0.15) is 36.9 Å². The van der Waals surface area contributed by atoms with E-state index in [9.17, 15) is 13.2 Å². The smallest absolute Gasteiger partial charge is 0.433 e. The first kappa shape index (κ1) is 17.5. The van der Waals surface area contributed by atoms with Crippen molar-refractivity contribution in [1.29, 1.82) is 0 Å². The summed E-state index contributed by atoms with van der Waals surface area (Å²) in [5.41, 5.74) is 0.0114. The van der Waals surface area contributed by atoms with Gasteiger partial charge in [0.15, 0.2) is 6.23 Å². The van der Waals surface area contributed by atoms with Crippen molar-refractivity contribution in [3.8, 4) is 6.01 Å². The summed E-state index contributed by atoms with van der Waals surface area (Å²) in [6.45, 7) is 0.553. The van der Waals surface area contributed by atoms with Gasteiger partial charge in [-0.3, -0.25) is 0 Å². The minimum Gasteiger partial charge on any atom is -0.467 e. The number of anilines is 1. The summed E-state index contributed by atoms with van der Waals surface area (Å²) < 4.78 is 51.1. The monoisotopic (exact) mass is 357 g/mol. The second kappa shape index (κ2) is 7.26. The molecule has 1 aliphatic heterocycles. The molecule has 1 aliphatic rings. The molecule has 1 saturated heterocycles. The lowest BCUT2D eigenvalue weighted by atomic mass is 10.2. The van der Waals surface area contributed by atoms with Gasteiger partial charge in [-0.1, -0.05) is 0 Å². The first-order chi connectivity index (χ1) is 12.0. The molecule has 1 atom stereocenters. The molecule has 25 heavy (non-hydrogen) atoms. The first-order valence-corrected chi connectivity index (χ1v) is 7.84. The van der Waals surface area contributed by atoms with Crippen molar-refractivity contribution < 1.29 is 22.6 Å². The van der Waals surface area contributed by atoms with E-state index in [1.165, 1.54) is 19.5 Å². The van der Waals surface area contributed by atoms with Gasteiger partial charge < -0.3 is 14.8 Å². The van der Waals surface area contributed by atoms with Crippen molar-refractivity contribution in [3.05, 3.63) is 29.8 Å². The van der Waals surface area contributed by atoms with E-state index >= 15 is 0 Å². The zero-order valence-corrected chi connectivity index (χ0v) is 13.6. The molecular weight excluding hydrogens is 339 g/mol. The van der Waals surface area contributed by atoms with Crippen LogP contribution < -0.4 is 10.1 Å². The molecule has 3 rings (SSSR count). The minimum absolute atomic E-state index is 0.110. The molecule has 0 radical (unpaired) electrons. The molecule has 0 saturated carbocycles. The van der Waals surface area contributed by atoms with Crippen molar-refractivity contribution in [2.75, 3.05) is 19.0 Å². The van der Waals surface area contributed by atoms with Gasteiger partial charge in [-0.25, -0.2) is 14.6 Å². The number of rotatable bonds is 5. The zero-order valence-electron chi connectivity index (χ0n) is 13.6. The van der Waals surface area contributed by atoms with E-state index in [0.717, 1.165) is 23.6 Å². The Morgan fingerprint density at radius 3 is 2.68 bits per heavy atom. The zero-order chi connectivity index (χ0) is 17.9. The number of hydrogen-bond acceptors (Lipinski definition) is 6. The van der Waals surface area contributed by atoms with Gasteiger partial charge in [0.05, 0.1) is 37.4 Å². The van der Waals surface area contributed by atoms with Gasteiger partial charge in [0, 0.05) is 6.61 Å². The lowest BCUT2D eigenvalue weighted by Gasteiger charge is -2.24. The third-order valence-electron chi connectivity index (χ3n) is 3.79. The Hall–Kier alpha value is -2.36. The van der Waals surface area contributed by atoms with Crippen LogP contribution in [0.4, 0.5) is 18.9 Å². The Kier molecular flexibility index (Phi) is 5.07. The molecule has 136 valence electrons. The van der Waals surface area contributed by atoms with E-state index < -0.39 is 18.1 Å². The van der Waals surface area contributed by atoms with Crippen LogP contribution in [0, 0.1) is 0 Å². The highest BCUT2D eigenvalue weighted by molar-refractivity contribution is 5.38. The standard InChI is InChI=1S/C15H18F3N5O2/c1-24-14-20-8-11(9-21-14)19-7-10-6-12(15(16,17)18)23(22-10)13-4-2-3-5-25-13/h6,8-9,13,19H,2-5,7H2,1H3. The number of halogens is 3. The molecule has 0 aliphatic carbocycles. The summed E-state index contributed by atoms with van der Waals surface area (Å²) in [5.74, 6) is 0. The van der Waals surface area contributed by atoms with E-state index in [0.29, 0.717) is 18.7 Å². The molecule has 7 nitrogen and oxygen atoms in total. The van der Waals surface area contributed by atoms with Gasteiger partial charge in [-0.15, -0.1) is 0 Å². The maximum atomic E-state index is 13.3. The van der Waals surface area contributed by atoms with E-state index in [4.69, 9.17) is 9.47 Å². The van der Waals surface area contributed by atoms with Crippen molar-refractivity contribution in [3.63, 3.8) is 0 Å². The average Bonchev–Trinajstić information content (AvgIpc) is 3.06. The molecule has 0 spiro atoms.